The van der Waals surface area contributed by atoms with Crippen molar-refractivity contribution < 1.29 is 28.5 Å². The monoisotopic (exact) mass is 493 g/mol. The number of ether oxygens (including phenoxy) is 4. The van der Waals surface area contributed by atoms with Gasteiger partial charge in [-0.15, -0.1) is 0 Å². The first kappa shape index (κ1) is 24.1. The molecular formula is C27H31N3O6. The van der Waals surface area contributed by atoms with Gasteiger partial charge in [-0.3, -0.25) is 14.5 Å². The fourth-order valence-corrected chi connectivity index (χ4v) is 5.01. The molecule has 2 atom stereocenters. The van der Waals surface area contributed by atoms with Crippen LogP contribution in [0.3, 0.4) is 0 Å². The number of amides is 1. The molecular weight excluding hydrogens is 462 g/mol. The molecule has 0 spiro atoms. The van der Waals surface area contributed by atoms with Crippen molar-refractivity contribution in [2.75, 3.05) is 33.6 Å². The molecule has 0 unspecified atom stereocenters. The standard InChI is InChI=1S/C27H31N3O6/c1-3-34-27(32)22-6-4-5-13-29(22)16-26(31)30-23(19-9-12-24-25(14-19)36-17-35-24)15-21(28-30)18-7-10-20(33-2)11-8-18/h7-12,14,22-23H,3-6,13,15-17H2,1-2H3/t22-,23+/m1/s1. The van der Waals surface area contributed by atoms with Crippen LogP contribution in [0.25, 0.3) is 0 Å². The van der Waals surface area contributed by atoms with Crippen LogP contribution in [-0.4, -0.2) is 67.1 Å². The van der Waals surface area contributed by atoms with E-state index in [9.17, 15) is 9.59 Å². The molecule has 0 aliphatic carbocycles. The molecule has 0 N–H and O–H groups in total. The summed E-state index contributed by atoms with van der Waals surface area (Å²) >= 11 is 0. The van der Waals surface area contributed by atoms with Crippen molar-refractivity contribution in [1.82, 2.24) is 9.91 Å². The zero-order valence-corrected chi connectivity index (χ0v) is 20.6. The van der Waals surface area contributed by atoms with E-state index in [0.29, 0.717) is 37.5 Å². The maximum absolute atomic E-state index is 13.7. The van der Waals surface area contributed by atoms with Crippen molar-refractivity contribution in [1.29, 1.82) is 0 Å². The molecule has 3 aliphatic heterocycles. The minimum atomic E-state index is -0.403. The molecule has 1 saturated heterocycles. The summed E-state index contributed by atoms with van der Waals surface area (Å²) in [5, 5.41) is 6.34. The Morgan fingerprint density at radius 3 is 2.67 bits per heavy atom. The lowest BCUT2D eigenvalue weighted by Gasteiger charge is -2.34. The SMILES string of the molecule is CCOC(=O)[C@H]1CCCCN1CC(=O)N1N=C(c2ccc(OC)cc2)C[C@H]1c1ccc2c(c1)OCO2. The minimum absolute atomic E-state index is 0.101. The molecule has 5 rings (SSSR count). The zero-order chi connectivity index (χ0) is 25.1. The average molecular weight is 494 g/mol. The van der Waals surface area contributed by atoms with Crippen LogP contribution in [-0.2, 0) is 14.3 Å². The van der Waals surface area contributed by atoms with E-state index in [1.54, 1.807) is 19.0 Å². The third kappa shape index (κ3) is 4.88. The molecule has 9 nitrogen and oxygen atoms in total. The molecule has 2 aromatic rings. The smallest absolute Gasteiger partial charge is 0.323 e. The Bertz CT molecular complexity index is 1150. The van der Waals surface area contributed by atoms with Crippen molar-refractivity contribution in [2.45, 2.75) is 44.7 Å². The Morgan fingerprint density at radius 1 is 1.08 bits per heavy atom. The molecule has 3 aliphatic rings. The van der Waals surface area contributed by atoms with E-state index in [4.69, 9.17) is 24.0 Å². The van der Waals surface area contributed by atoms with Crippen molar-refractivity contribution in [2.24, 2.45) is 5.10 Å². The van der Waals surface area contributed by atoms with Crippen LogP contribution in [0.5, 0.6) is 17.2 Å². The van der Waals surface area contributed by atoms with Crippen LogP contribution < -0.4 is 14.2 Å². The molecule has 0 bridgehead atoms. The van der Waals surface area contributed by atoms with Crippen molar-refractivity contribution in [3.05, 3.63) is 53.6 Å². The summed E-state index contributed by atoms with van der Waals surface area (Å²) in [5.41, 5.74) is 2.66. The Morgan fingerprint density at radius 2 is 1.89 bits per heavy atom. The number of hydrogen-bond acceptors (Lipinski definition) is 8. The topological polar surface area (TPSA) is 89.9 Å². The number of carbonyl (C=O) groups is 2. The third-order valence-electron chi connectivity index (χ3n) is 6.88. The number of esters is 1. The van der Waals surface area contributed by atoms with Gasteiger partial charge in [-0.05, 0) is 73.8 Å². The first-order valence-corrected chi connectivity index (χ1v) is 12.4. The van der Waals surface area contributed by atoms with Gasteiger partial charge >= 0.3 is 5.97 Å². The molecule has 0 aromatic heterocycles. The van der Waals surface area contributed by atoms with Crippen molar-refractivity contribution in [3.63, 3.8) is 0 Å². The summed E-state index contributed by atoms with van der Waals surface area (Å²) in [5.74, 6) is 1.69. The maximum Gasteiger partial charge on any atom is 0.323 e. The van der Waals surface area contributed by atoms with Crippen LogP contribution in [0.15, 0.2) is 47.6 Å². The second kappa shape index (κ2) is 10.6. The van der Waals surface area contributed by atoms with E-state index in [-0.39, 0.29) is 31.3 Å². The molecule has 190 valence electrons. The van der Waals surface area contributed by atoms with Gasteiger partial charge in [0.1, 0.15) is 11.8 Å². The number of likely N-dealkylation sites (tertiary alicyclic amines) is 1. The van der Waals surface area contributed by atoms with Crippen molar-refractivity contribution in [3.8, 4) is 17.2 Å². The highest BCUT2D eigenvalue weighted by Gasteiger charge is 2.37. The van der Waals surface area contributed by atoms with E-state index in [2.05, 4.69) is 0 Å². The fraction of sp³-hybridized carbons (Fsp3) is 0.444. The summed E-state index contributed by atoms with van der Waals surface area (Å²) in [6.07, 6.45) is 3.13. The number of benzene rings is 2. The van der Waals surface area contributed by atoms with Crippen molar-refractivity contribution >= 4 is 17.6 Å². The van der Waals surface area contributed by atoms with Crippen LogP contribution in [0.2, 0.25) is 0 Å². The molecule has 36 heavy (non-hydrogen) atoms. The Labute approximate surface area is 210 Å². The highest BCUT2D eigenvalue weighted by molar-refractivity contribution is 6.03. The van der Waals surface area contributed by atoms with Gasteiger partial charge < -0.3 is 18.9 Å². The van der Waals surface area contributed by atoms with Crippen LogP contribution in [0.1, 0.15) is 49.8 Å². The Kier molecular flexibility index (Phi) is 7.09. The minimum Gasteiger partial charge on any atom is -0.497 e. The van der Waals surface area contributed by atoms with Gasteiger partial charge in [0, 0.05) is 6.42 Å². The van der Waals surface area contributed by atoms with Gasteiger partial charge in [-0.25, -0.2) is 5.01 Å². The summed E-state index contributed by atoms with van der Waals surface area (Å²) in [6, 6.07) is 12.7. The number of nitrogens with zero attached hydrogens (tertiary/aromatic N) is 3. The van der Waals surface area contributed by atoms with Crippen LogP contribution >= 0.6 is 0 Å². The van der Waals surface area contributed by atoms with Crippen LogP contribution in [0, 0.1) is 0 Å². The molecule has 9 heteroatoms. The van der Waals surface area contributed by atoms with Gasteiger partial charge in [0.25, 0.3) is 5.91 Å². The van der Waals surface area contributed by atoms with Gasteiger partial charge in [-0.1, -0.05) is 12.5 Å². The Hall–Kier alpha value is -3.59. The predicted molar refractivity (Wildman–Crippen MR) is 132 cm³/mol. The summed E-state index contributed by atoms with van der Waals surface area (Å²) in [7, 11) is 1.63. The van der Waals surface area contributed by atoms with E-state index in [1.165, 1.54) is 0 Å². The Balaban J connectivity index is 1.41. The number of methoxy groups -OCH3 is 1. The summed E-state index contributed by atoms with van der Waals surface area (Å²) in [6.45, 7) is 3.08. The number of fused-ring (bicyclic) bond motifs is 1. The van der Waals surface area contributed by atoms with Gasteiger partial charge in [-0.2, -0.15) is 5.10 Å². The first-order chi connectivity index (χ1) is 17.6. The number of rotatable bonds is 7. The lowest BCUT2D eigenvalue weighted by atomic mass is 9.97. The number of carbonyl (C=O) groups excluding carboxylic acids is 2. The summed E-state index contributed by atoms with van der Waals surface area (Å²) in [4.78, 5) is 28.2. The second-order valence-electron chi connectivity index (χ2n) is 9.08. The molecule has 2 aromatic carbocycles. The van der Waals surface area contributed by atoms with E-state index in [1.807, 2.05) is 47.4 Å². The molecule has 1 amide bonds. The second-order valence-corrected chi connectivity index (χ2v) is 9.08. The number of hydrogen-bond donors (Lipinski definition) is 0. The predicted octanol–water partition coefficient (Wildman–Crippen LogP) is 3.52. The summed E-state index contributed by atoms with van der Waals surface area (Å²) < 4.78 is 21.6. The molecule has 0 saturated carbocycles. The quantitative estimate of drug-likeness (QED) is 0.545. The average Bonchev–Trinajstić information content (AvgIpc) is 3.56. The van der Waals surface area contributed by atoms with E-state index < -0.39 is 6.04 Å². The molecule has 0 radical (unpaired) electrons. The van der Waals surface area contributed by atoms with Gasteiger partial charge in [0.2, 0.25) is 6.79 Å². The largest absolute Gasteiger partial charge is 0.497 e. The van der Waals surface area contributed by atoms with Gasteiger partial charge in [0.15, 0.2) is 11.5 Å². The van der Waals surface area contributed by atoms with E-state index in [0.717, 1.165) is 35.4 Å². The maximum atomic E-state index is 13.7. The molecule has 1 fully saturated rings. The fourth-order valence-electron chi connectivity index (χ4n) is 5.01. The lowest BCUT2D eigenvalue weighted by Crippen LogP contribution is -2.49. The third-order valence-corrected chi connectivity index (χ3v) is 6.88. The number of piperidine rings is 1. The normalized spacial score (nSPS) is 21.3. The number of hydrazone groups is 1. The zero-order valence-electron chi connectivity index (χ0n) is 20.6. The molecule has 3 heterocycles. The first-order valence-electron chi connectivity index (χ1n) is 12.4. The van der Waals surface area contributed by atoms with Gasteiger partial charge in [0.05, 0.1) is 32.0 Å². The van der Waals surface area contributed by atoms with E-state index >= 15 is 0 Å². The highest BCUT2D eigenvalue weighted by atomic mass is 16.7. The van der Waals surface area contributed by atoms with Crippen LogP contribution in [0.4, 0.5) is 0 Å². The lowest BCUT2D eigenvalue weighted by molar-refractivity contribution is -0.152. The highest BCUT2D eigenvalue weighted by Crippen LogP contribution is 2.39.